The molecule has 0 radical (unpaired) electrons. The molecule has 0 atom stereocenters. The Morgan fingerprint density at radius 1 is 1.05 bits per heavy atom. The van der Waals surface area contributed by atoms with Gasteiger partial charge in [-0.05, 0) is 29.8 Å². The second kappa shape index (κ2) is 5.58. The van der Waals surface area contributed by atoms with Gasteiger partial charge in [0.1, 0.15) is 12.1 Å². The summed E-state index contributed by atoms with van der Waals surface area (Å²) < 4.78 is 0. The fourth-order valence-electron chi connectivity index (χ4n) is 2.15. The number of nitrogens with two attached hydrogens (primary N) is 1. The molecule has 0 aliphatic carbocycles. The van der Waals surface area contributed by atoms with Crippen molar-refractivity contribution < 1.29 is 4.79 Å². The lowest BCUT2D eigenvalue weighted by Gasteiger charge is -2.08. The molecule has 3 rings (SSSR count). The minimum Gasteiger partial charge on any atom is -0.369 e. The van der Waals surface area contributed by atoms with Gasteiger partial charge in [-0.25, -0.2) is 9.97 Å². The highest BCUT2D eigenvalue weighted by molar-refractivity contribution is 5.90. The van der Waals surface area contributed by atoms with E-state index in [1.165, 1.54) is 6.33 Å². The van der Waals surface area contributed by atoms with Crippen LogP contribution in [0.3, 0.4) is 0 Å². The van der Waals surface area contributed by atoms with Crippen molar-refractivity contribution in [2.75, 3.05) is 5.32 Å². The highest BCUT2D eigenvalue weighted by Crippen LogP contribution is 2.22. The number of nitrogens with zero attached hydrogens (tertiary/aromatic N) is 2. The number of rotatable bonds is 4. The molecule has 3 aromatic rings. The first kappa shape index (κ1) is 13.1. The second-order valence-electron chi connectivity index (χ2n) is 4.70. The average Bonchev–Trinajstić information content (AvgIpc) is 2.49. The van der Waals surface area contributed by atoms with Crippen molar-refractivity contribution in [2.24, 2.45) is 5.73 Å². The number of nitrogens with one attached hydrogen (secondary N) is 1. The van der Waals surface area contributed by atoms with E-state index in [4.69, 9.17) is 5.73 Å². The molecule has 0 aliphatic heterocycles. The van der Waals surface area contributed by atoms with Crippen LogP contribution in [-0.2, 0) is 11.2 Å². The van der Waals surface area contributed by atoms with Crippen molar-refractivity contribution >= 4 is 28.3 Å². The second-order valence-corrected chi connectivity index (χ2v) is 4.70. The lowest BCUT2D eigenvalue weighted by molar-refractivity contribution is -0.117. The van der Waals surface area contributed by atoms with E-state index in [9.17, 15) is 4.79 Å². The van der Waals surface area contributed by atoms with Crippen LogP contribution in [-0.4, -0.2) is 15.9 Å². The van der Waals surface area contributed by atoms with Gasteiger partial charge in [0, 0.05) is 11.1 Å². The van der Waals surface area contributed by atoms with E-state index >= 15 is 0 Å². The van der Waals surface area contributed by atoms with E-state index in [0.717, 1.165) is 28.0 Å². The minimum atomic E-state index is -0.336. The summed E-state index contributed by atoms with van der Waals surface area (Å²) in [6.45, 7) is 0. The zero-order valence-electron chi connectivity index (χ0n) is 11.3. The molecule has 3 N–H and O–H groups in total. The van der Waals surface area contributed by atoms with E-state index in [0.29, 0.717) is 0 Å². The van der Waals surface area contributed by atoms with Crippen LogP contribution in [0.5, 0.6) is 0 Å². The van der Waals surface area contributed by atoms with Crippen LogP contribution < -0.4 is 11.1 Å². The van der Waals surface area contributed by atoms with Crippen molar-refractivity contribution in [1.29, 1.82) is 0 Å². The smallest absolute Gasteiger partial charge is 0.221 e. The maximum Gasteiger partial charge on any atom is 0.221 e. The van der Waals surface area contributed by atoms with E-state index in [1.807, 2.05) is 48.5 Å². The predicted molar refractivity (Wildman–Crippen MR) is 82.2 cm³/mol. The Morgan fingerprint density at radius 3 is 2.57 bits per heavy atom. The number of hydrogen-bond donors (Lipinski definition) is 2. The Morgan fingerprint density at radius 2 is 1.81 bits per heavy atom. The molecule has 0 unspecified atom stereocenters. The van der Waals surface area contributed by atoms with Crippen molar-refractivity contribution in [2.45, 2.75) is 6.42 Å². The van der Waals surface area contributed by atoms with Crippen LogP contribution in [0, 0.1) is 0 Å². The molecule has 0 aliphatic rings. The lowest BCUT2D eigenvalue weighted by atomic mass is 10.1. The molecule has 5 heteroatoms. The zero-order chi connectivity index (χ0) is 14.7. The Hall–Kier alpha value is -2.95. The van der Waals surface area contributed by atoms with Gasteiger partial charge in [0.05, 0.1) is 11.9 Å². The van der Waals surface area contributed by atoms with E-state index in [-0.39, 0.29) is 12.3 Å². The molecule has 2 aromatic carbocycles. The summed E-state index contributed by atoms with van der Waals surface area (Å²) in [7, 11) is 0. The first-order valence-corrected chi connectivity index (χ1v) is 6.56. The molecule has 21 heavy (non-hydrogen) atoms. The molecule has 0 saturated carbocycles. The number of hydrogen-bond acceptors (Lipinski definition) is 4. The maximum atomic E-state index is 10.9. The van der Waals surface area contributed by atoms with Gasteiger partial charge in [0.15, 0.2) is 0 Å². The Balaban J connectivity index is 1.87. The van der Waals surface area contributed by atoms with Gasteiger partial charge in [-0.2, -0.15) is 0 Å². The largest absolute Gasteiger partial charge is 0.369 e. The summed E-state index contributed by atoms with van der Waals surface area (Å²) in [4.78, 5) is 19.4. The van der Waals surface area contributed by atoms with Crippen LogP contribution in [0.25, 0.3) is 10.9 Å². The van der Waals surface area contributed by atoms with E-state index in [1.54, 1.807) is 0 Å². The van der Waals surface area contributed by atoms with Gasteiger partial charge in [-0.3, -0.25) is 4.79 Å². The van der Waals surface area contributed by atoms with Crippen LogP contribution in [0.2, 0.25) is 0 Å². The number of fused-ring (bicyclic) bond motifs is 1. The van der Waals surface area contributed by atoms with Crippen molar-refractivity contribution in [3.05, 3.63) is 60.4 Å². The summed E-state index contributed by atoms with van der Waals surface area (Å²) in [5, 5.41) is 4.22. The van der Waals surface area contributed by atoms with Crippen molar-refractivity contribution in [1.82, 2.24) is 9.97 Å². The average molecular weight is 278 g/mol. The van der Waals surface area contributed by atoms with Crippen molar-refractivity contribution in [3.8, 4) is 0 Å². The summed E-state index contributed by atoms with van der Waals surface area (Å²) in [5.74, 6) is 0.417. The quantitative estimate of drug-likeness (QED) is 0.768. The fraction of sp³-hybridized carbons (Fsp3) is 0.0625. The fourth-order valence-corrected chi connectivity index (χ4v) is 2.15. The predicted octanol–water partition coefficient (Wildman–Crippen LogP) is 2.40. The number of aromatic nitrogens is 2. The van der Waals surface area contributed by atoms with E-state index < -0.39 is 0 Å². The van der Waals surface area contributed by atoms with Gasteiger partial charge < -0.3 is 11.1 Å². The topological polar surface area (TPSA) is 80.9 Å². The van der Waals surface area contributed by atoms with Crippen molar-refractivity contribution in [3.63, 3.8) is 0 Å². The number of benzene rings is 2. The van der Waals surface area contributed by atoms with Gasteiger partial charge in [-0.15, -0.1) is 0 Å². The number of carbonyl (C=O) groups excluding carboxylic acids is 1. The molecule has 1 aromatic heterocycles. The SMILES string of the molecule is NC(=O)Cc1ccc(Nc2ncnc3ccccc23)cc1. The van der Waals surface area contributed by atoms with Gasteiger partial charge in [-0.1, -0.05) is 24.3 Å². The molecular weight excluding hydrogens is 264 g/mol. The highest BCUT2D eigenvalue weighted by Gasteiger charge is 2.04. The highest BCUT2D eigenvalue weighted by atomic mass is 16.1. The standard InChI is InChI=1S/C16H14N4O/c17-15(21)9-11-5-7-12(8-6-11)20-16-13-3-1-2-4-14(13)18-10-19-16/h1-8,10H,9H2,(H2,17,21)(H,18,19,20). The maximum absolute atomic E-state index is 10.9. The molecule has 0 saturated heterocycles. The first-order chi connectivity index (χ1) is 10.2. The Kier molecular flexibility index (Phi) is 3.47. The van der Waals surface area contributed by atoms with Gasteiger partial charge >= 0.3 is 0 Å². The molecule has 1 amide bonds. The molecule has 0 fully saturated rings. The summed E-state index contributed by atoms with van der Waals surface area (Å²) >= 11 is 0. The molecule has 0 spiro atoms. The number of anilines is 2. The summed E-state index contributed by atoms with van der Waals surface area (Å²) in [6.07, 6.45) is 1.78. The summed E-state index contributed by atoms with van der Waals surface area (Å²) in [6, 6.07) is 15.3. The monoisotopic (exact) mass is 278 g/mol. The van der Waals surface area contributed by atoms with Crippen LogP contribution in [0.15, 0.2) is 54.9 Å². The van der Waals surface area contributed by atoms with Crippen LogP contribution in [0.4, 0.5) is 11.5 Å². The van der Waals surface area contributed by atoms with Gasteiger partial charge in [0.25, 0.3) is 0 Å². The molecule has 5 nitrogen and oxygen atoms in total. The summed E-state index contributed by atoms with van der Waals surface area (Å²) in [5.41, 5.74) is 7.85. The third-order valence-corrected chi connectivity index (χ3v) is 3.14. The third kappa shape index (κ3) is 2.97. The molecule has 1 heterocycles. The normalized spacial score (nSPS) is 10.5. The lowest BCUT2D eigenvalue weighted by Crippen LogP contribution is -2.13. The minimum absolute atomic E-state index is 0.247. The van der Waals surface area contributed by atoms with Gasteiger partial charge in [0.2, 0.25) is 5.91 Å². The number of primary amides is 1. The third-order valence-electron chi connectivity index (χ3n) is 3.14. The molecule has 0 bridgehead atoms. The Bertz CT molecular complexity index is 778. The molecule has 104 valence electrons. The first-order valence-electron chi connectivity index (χ1n) is 6.56. The number of amides is 1. The van der Waals surface area contributed by atoms with Crippen LogP contribution in [0.1, 0.15) is 5.56 Å². The Labute approximate surface area is 121 Å². The zero-order valence-corrected chi connectivity index (χ0v) is 11.3. The number of carbonyl (C=O) groups is 1. The number of para-hydroxylation sites is 1. The van der Waals surface area contributed by atoms with Crippen LogP contribution >= 0.6 is 0 Å². The van der Waals surface area contributed by atoms with E-state index in [2.05, 4.69) is 15.3 Å². The molecular formula is C16H14N4O.